The Kier molecular flexibility index (Phi) is 9.19. The first-order valence-electron chi connectivity index (χ1n) is 11.5. The highest BCUT2D eigenvalue weighted by atomic mass is 16.5. The summed E-state index contributed by atoms with van der Waals surface area (Å²) in [6.07, 6.45) is 5.88. The molecule has 31 heavy (non-hydrogen) atoms. The highest BCUT2D eigenvalue weighted by molar-refractivity contribution is 5.43. The highest BCUT2D eigenvalue weighted by Crippen LogP contribution is 2.28. The Morgan fingerprint density at radius 1 is 1.03 bits per heavy atom. The van der Waals surface area contributed by atoms with Crippen LogP contribution >= 0.6 is 0 Å². The van der Waals surface area contributed by atoms with E-state index in [4.69, 9.17) is 9.47 Å². The molecule has 1 aliphatic carbocycles. The number of hydrogen-bond acceptors (Lipinski definition) is 5. The van der Waals surface area contributed by atoms with Crippen molar-refractivity contribution in [3.8, 4) is 11.5 Å². The number of nitrogens with one attached hydrogen (secondary N) is 1. The minimum absolute atomic E-state index is 0.262. The predicted molar refractivity (Wildman–Crippen MR) is 126 cm³/mol. The van der Waals surface area contributed by atoms with Crippen LogP contribution in [0.5, 0.6) is 11.5 Å². The zero-order chi connectivity index (χ0) is 22.1. The van der Waals surface area contributed by atoms with E-state index in [0.717, 1.165) is 18.7 Å². The molecule has 2 aromatic carbocycles. The maximum atomic E-state index is 10.5. The van der Waals surface area contributed by atoms with Gasteiger partial charge in [-0.3, -0.25) is 0 Å². The number of ether oxygens (including phenoxy) is 2. The van der Waals surface area contributed by atoms with Crippen molar-refractivity contribution in [3.05, 3.63) is 59.2 Å². The number of rotatable bonds is 11. The normalized spacial score (nSPS) is 15.8. The number of aliphatic hydroxyl groups excluding tert-OH is 1. The lowest BCUT2D eigenvalue weighted by atomic mass is 9.94. The van der Waals surface area contributed by atoms with Crippen molar-refractivity contribution >= 4 is 0 Å². The molecule has 170 valence electrons. The van der Waals surface area contributed by atoms with Crippen LogP contribution < -0.4 is 14.8 Å². The summed E-state index contributed by atoms with van der Waals surface area (Å²) in [5, 5.41) is 13.9. The molecule has 0 saturated heterocycles. The van der Waals surface area contributed by atoms with Crippen LogP contribution in [0, 0.1) is 6.92 Å². The van der Waals surface area contributed by atoms with Crippen molar-refractivity contribution in [1.82, 2.24) is 10.2 Å². The number of aryl methyl sites for hydroxylation is 1. The van der Waals surface area contributed by atoms with Crippen molar-refractivity contribution in [1.29, 1.82) is 0 Å². The zero-order valence-corrected chi connectivity index (χ0v) is 19.3. The first kappa shape index (κ1) is 23.6. The third kappa shape index (κ3) is 7.53. The third-order valence-electron chi connectivity index (χ3n) is 6.10. The second-order valence-corrected chi connectivity index (χ2v) is 8.77. The number of hydrogen-bond donors (Lipinski definition) is 2. The smallest absolute Gasteiger partial charge is 0.161 e. The molecule has 1 fully saturated rings. The minimum atomic E-state index is -0.521. The van der Waals surface area contributed by atoms with Crippen LogP contribution in [0.4, 0.5) is 0 Å². The lowest BCUT2D eigenvalue weighted by Gasteiger charge is -2.32. The Labute approximate surface area is 187 Å². The van der Waals surface area contributed by atoms with Crippen LogP contribution in [0.15, 0.2) is 42.5 Å². The second kappa shape index (κ2) is 12.1. The van der Waals surface area contributed by atoms with Gasteiger partial charge in [-0.1, -0.05) is 55.2 Å². The van der Waals surface area contributed by atoms with E-state index in [1.54, 1.807) is 7.11 Å². The molecule has 2 N–H and O–H groups in total. The predicted octanol–water partition coefficient (Wildman–Crippen LogP) is 4.30. The summed E-state index contributed by atoms with van der Waals surface area (Å²) in [6, 6.07) is 15.1. The van der Waals surface area contributed by atoms with E-state index < -0.39 is 6.10 Å². The number of likely N-dealkylation sites (N-methyl/N-ethyl adjacent to an activating group) is 1. The highest BCUT2D eigenvalue weighted by Gasteiger charge is 2.20. The summed E-state index contributed by atoms with van der Waals surface area (Å²) in [5.74, 6) is 1.37. The second-order valence-electron chi connectivity index (χ2n) is 8.77. The van der Waals surface area contributed by atoms with Crippen LogP contribution in [0.3, 0.4) is 0 Å². The molecule has 3 rings (SSSR count). The minimum Gasteiger partial charge on any atom is -0.493 e. The first-order chi connectivity index (χ1) is 15.0. The fourth-order valence-electron chi connectivity index (χ4n) is 4.36. The van der Waals surface area contributed by atoms with E-state index >= 15 is 0 Å². The molecule has 0 aliphatic heterocycles. The quantitative estimate of drug-likeness (QED) is 0.561. The molecule has 0 radical (unpaired) electrons. The van der Waals surface area contributed by atoms with E-state index in [0.29, 0.717) is 24.1 Å². The Bertz CT molecular complexity index is 805. The van der Waals surface area contributed by atoms with Gasteiger partial charge in [-0.05, 0) is 50.1 Å². The van der Waals surface area contributed by atoms with Gasteiger partial charge in [0.1, 0.15) is 12.7 Å². The molecule has 0 spiro atoms. The van der Waals surface area contributed by atoms with E-state index in [1.165, 1.54) is 43.2 Å². The summed E-state index contributed by atoms with van der Waals surface area (Å²) in [4.78, 5) is 2.29. The molecule has 0 heterocycles. The maximum absolute atomic E-state index is 10.5. The Morgan fingerprint density at radius 2 is 1.77 bits per heavy atom. The van der Waals surface area contributed by atoms with Gasteiger partial charge < -0.3 is 24.8 Å². The van der Waals surface area contributed by atoms with Crippen LogP contribution in [-0.2, 0) is 13.1 Å². The van der Waals surface area contributed by atoms with Crippen LogP contribution in [0.2, 0.25) is 0 Å². The van der Waals surface area contributed by atoms with Crippen molar-refractivity contribution in [2.24, 2.45) is 0 Å². The van der Waals surface area contributed by atoms with Gasteiger partial charge in [0.05, 0.1) is 7.11 Å². The molecule has 0 amide bonds. The van der Waals surface area contributed by atoms with E-state index in [9.17, 15) is 5.11 Å². The molecular weight excluding hydrogens is 388 g/mol. The fourth-order valence-corrected chi connectivity index (χ4v) is 4.36. The molecule has 0 unspecified atom stereocenters. The lowest BCUT2D eigenvalue weighted by Crippen LogP contribution is -2.40. The number of nitrogens with zero attached hydrogens (tertiary/aromatic N) is 1. The zero-order valence-electron chi connectivity index (χ0n) is 19.3. The molecule has 5 heteroatoms. The van der Waals surface area contributed by atoms with Gasteiger partial charge in [-0.2, -0.15) is 0 Å². The first-order valence-corrected chi connectivity index (χ1v) is 11.5. The fraction of sp³-hybridized carbons (Fsp3) is 0.538. The standard InChI is InChI=1S/C26H38N2O3/c1-20-8-7-9-21(14-20)16-27-17-22-12-13-25(26(15-22)30-3)31-19-24(29)18-28(2)23-10-5-4-6-11-23/h7-9,12-15,23-24,27,29H,4-6,10-11,16-19H2,1-3H3/t24-/m1/s1. The van der Waals surface area contributed by atoms with Gasteiger partial charge in [0, 0.05) is 25.7 Å². The molecule has 0 aromatic heterocycles. The Morgan fingerprint density at radius 3 is 2.48 bits per heavy atom. The summed E-state index contributed by atoms with van der Waals surface area (Å²) in [7, 11) is 3.76. The van der Waals surface area contributed by atoms with Gasteiger partial charge in [0.15, 0.2) is 11.5 Å². The number of methoxy groups -OCH3 is 1. The Balaban J connectivity index is 1.46. The summed E-state index contributed by atoms with van der Waals surface area (Å²) in [5.41, 5.74) is 3.68. The summed E-state index contributed by atoms with van der Waals surface area (Å²) >= 11 is 0. The SMILES string of the molecule is COc1cc(CNCc2cccc(C)c2)ccc1OC[C@H](O)CN(C)C1CCCCC1. The van der Waals surface area contributed by atoms with E-state index in [1.807, 2.05) is 18.2 Å². The van der Waals surface area contributed by atoms with Gasteiger partial charge in [-0.25, -0.2) is 0 Å². The van der Waals surface area contributed by atoms with Gasteiger partial charge in [0.25, 0.3) is 0 Å². The van der Waals surface area contributed by atoms with E-state index in [2.05, 4.69) is 48.5 Å². The van der Waals surface area contributed by atoms with Crippen molar-refractivity contribution < 1.29 is 14.6 Å². The lowest BCUT2D eigenvalue weighted by molar-refractivity contribution is 0.0553. The molecule has 1 atom stereocenters. The number of benzene rings is 2. The van der Waals surface area contributed by atoms with E-state index in [-0.39, 0.29) is 6.61 Å². The topological polar surface area (TPSA) is 54.0 Å². The van der Waals surface area contributed by atoms with Gasteiger partial charge >= 0.3 is 0 Å². The van der Waals surface area contributed by atoms with Crippen molar-refractivity contribution in [2.45, 2.75) is 64.3 Å². The third-order valence-corrected chi connectivity index (χ3v) is 6.10. The number of aliphatic hydroxyl groups is 1. The molecule has 1 saturated carbocycles. The van der Waals surface area contributed by atoms with Gasteiger partial charge in [-0.15, -0.1) is 0 Å². The largest absolute Gasteiger partial charge is 0.493 e. The average molecular weight is 427 g/mol. The average Bonchev–Trinajstić information content (AvgIpc) is 2.78. The Hall–Kier alpha value is -2.08. The van der Waals surface area contributed by atoms with Gasteiger partial charge in [0.2, 0.25) is 0 Å². The molecule has 1 aliphatic rings. The van der Waals surface area contributed by atoms with Crippen LogP contribution in [0.25, 0.3) is 0 Å². The monoisotopic (exact) mass is 426 g/mol. The summed E-state index contributed by atoms with van der Waals surface area (Å²) in [6.45, 7) is 4.58. The molecule has 0 bridgehead atoms. The van der Waals surface area contributed by atoms with Crippen molar-refractivity contribution in [3.63, 3.8) is 0 Å². The molecular formula is C26H38N2O3. The van der Waals surface area contributed by atoms with Crippen LogP contribution in [-0.4, -0.2) is 49.5 Å². The van der Waals surface area contributed by atoms with Crippen LogP contribution in [0.1, 0.15) is 48.8 Å². The van der Waals surface area contributed by atoms with Crippen molar-refractivity contribution in [2.75, 3.05) is 27.3 Å². The molecule has 5 nitrogen and oxygen atoms in total. The summed E-state index contributed by atoms with van der Waals surface area (Å²) < 4.78 is 11.4. The maximum Gasteiger partial charge on any atom is 0.161 e. The molecule has 2 aromatic rings.